The predicted octanol–water partition coefficient (Wildman–Crippen LogP) is 3.42. The third-order valence-corrected chi connectivity index (χ3v) is 3.63. The molecule has 0 saturated heterocycles. The summed E-state index contributed by atoms with van der Waals surface area (Å²) in [5.41, 5.74) is 0.787. The zero-order chi connectivity index (χ0) is 12.5. The highest BCUT2D eigenvalue weighted by Gasteiger charge is 2.13. The first-order chi connectivity index (χ1) is 8.75. The van der Waals surface area contributed by atoms with Crippen LogP contribution in [0, 0.1) is 5.82 Å². The average Bonchev–Trinajstić information content (AvgIpc) is 2.99. The molecular weight excluding hydrogens is 269 g/mol. The van der Waals surface area contributed by atoms with E-state index in [-0.39, 0.29) is 5.82 Å². The SMILES string of the molecule is Fc1ccc(-n2c(S)nnc2-c2cccs2)cc1. The van der Waals surface area contributed by atoms with E-state index in [1.54, 1.807) is 28.0 Å². The standard InChI is InChI=1S/C12H8FN3S2/c13-8-3-5-9(6-4-8)16-11(14-15-12(16)17)10-2-1-7-18-10/h1-7H,(H,15,17). The highest BCUT2D eigenvalue weighted by molar-refractivity contribution is 7.80. The van der Waals surface area contributed by atoms with Crippen molar-refractivity contribution >= 4 is 24.0 Å². The molecule has 1 aromatic carbocycles. The van der Waals surface area contributed by atoms with E-state index >= 15 is 0 Å². The van der Waals surface area contributed by atoms with Gasteiger partial charge in [-0.3, -0.25) is 4.57 Å². The number of rotatable bonds is 2. The van der Waals surface area contributed by atoms with Crippen LogP contribution in [-0.4, -0.2) is 14.8 Å². The first kappa shape index (κ1) is 11.4. The second kappa shape index (κ2) is 4.55. The van der Waals surface area contributed by atoms with E-state index in [9.17, 15) is 4.39 Å². The maximum absolute atomic E-state index is 12.9. The van der Waals surface area contributed by atoms with E-state index in [4.69, 9.17) is 0 Å². The summed E-state index contributed by atoms with van der Waals surface area (Å²) in [5, 5.41) is 10.5. The number of halogens is 1. The summed E-state index contributed by atoms with van der Waals surface area (Å²) in [7, 11) is 0. The fourth-order valence-corrected chi connectivity index (χ4v) is 2.62. The van der Waals surface area contributed by atoms with Gasteiger partial charge in [0.05, 0.1) is 4.88 Å². The molecule has 0 atom stereocenters. The minimum Gasteiger partial charge on any atom is -0.270 e. The molecule has 0 fully saturated rings. The number of thiol groups is 1. The summed E-state index contributed by atoms with van der Waals surface area (Å²) >= 11 is 5.86. The first-order valence-electron chi connectivity index (χ1n) is 5.20. The summed E-state index contributed by atoms with van der Waals surface area (Å²) in [6.45, 7) is 0. The first-order valence-corrected chi connectivity index (χ1v) is 6.52. The largest absolute Gasteiger partial charge is 0.270 e. The molecule has 18 heavy (non-hydrogen) atoms. The highest BCUT2D eigenvalue weighted by Crippen LogP contribution is 2.27. The molecular formula is C12H8FN3S2. The zero-order valence-electron chi connectivity index (χ0n) is 9.12. The Kier molecular flexibility index (Phi) is 2.89. The molecule has 0 N–H and O–H groups in total. The monoisotopic (exact) mass is 277 g/mol. The van der Waals surface area contributed by atoms with Gasteiger partial charge in [0.15, 0.2) is 11.0 Å². The number of nitrogens with zero attached hydrogens (tertiary/aromatic N) is 3. The summed E-state index contributed by atoms with van der Waals surface area (Å²) < 4.78 is 14.7. The lowest BCUT2D eigenvalue weighted by molar-refractivity contribution is 0.627. The van der Waals surface area contributed by atoms with Gasteiger partial charge in [-0.1, -0.05) is 6.07 Å². The third kappa shape index (κ3) is 1.93. The number of hydrogen-bond donors (Lipinski definition) is 1. The molecule has 90 valence electrons. The van der Waals surface area contributed by atoms with Gasteiger partial charge in [0, 0.05) is 5.69 Å². The lowest BCUT2D eigenvalue weighted by Gasteiger charge is -2.06. The second-order valence-electron chi connectivity index (χ2n) is 3.61. The Morgan fingerprint density at radius 2 is 1.89 bits per heavy atom. The quantitative estimate of drug-likeness (QED) is 0.728. The summed E-state index contributed by atoms with van der Waals surface area (Å²) in [6, 6.07) is 10.1. The van der Waals surface area contributed by atoms with Gasteiger partial charge in [-0.15, -0.1) is 34.2 Å². The van der Waals surface area contributed by atoms with Crippen LogP contribution in [0.3, 0.4) is 0 Å². The zero-order valence-corrected chi connectivity index (χ0v) is 10.8. The number of benzene rings is 1. The topological polar surface area (TPSA) is 30.7 Å². The van der Waals surface area contributed by atoms with Crippen molar-refractivity contribution in [3.8, 4) is 16.4 Å². The Balaban J connectivity index is 2.17. The molecule has 0 bridgehead atoms. The molecule has 2 aromatic heterocycles. The third-order valence-electron chi connectivity index (χ3n) is 2.47. The summed E-state index contributed by atoms with van der Waals surface area (Å²) in [4.78, 5) is 0.993. The Morgan fingerprint density at radius 1 is 1.11 bits per heavy atom. The van der Waals surface area contributed by atoms with Gasteiger partial charge in [-0.2, -0.15) is 0 Å². The summed E-state index contributed by atoms with van der Waals surface area (Å²) in [6.07, 6.45) is 0. The van der Waals surface area contributed by atoms with Crippen molar-refractivity contribution in [2.45, 2.75) is 5.16 Å². The van der Waals surface area contributed by atoms with Gasteiger partial charge in [0.25, 0.3) is 0 Å². The fraction of sp³-hybridized carbons (Fsp3) is 0. The van der Waals surface area contributed by atoms with Crippen LogP contribution < -0.4 is 0 Å². The smallest absolute Gasteiger partial charge is 0.193 e. The molecule has 0 amide bonds. The number of aromatic nitrogens is 3. The predicted molar refractivity (Wildman–Crippen MR) is 71.9 cm³/mol. The maximum Gasteiger partial charge on any atom is 0.193 e. The van der Waals surface area contributed by atoms with Crippen LogP contribution >= 0.6 is 24.0 Å². The molecule has 3 aromatic rings. The van der Waals surface area contributed by atoms with Crippen LogP contribution in [0.25, 0.3) is 16.4 Å². The van der Waals surface area contributed by atoms with Gasteiger partial charge in [-0.05, 0) is 35.7 Å². The fourth-order valence-electron chi connectivity index (χ4n) is 1.67. The molecule has 3 rings (SSSR count). The van der Waals surface area contributed by atoms with Gasteiger partial charge in [-0.25, -0.2) is 4.39 Å². The van der Waals surface area contributed by atoms with Gasteiger partial charge in [0.2, 0.25) is 0 Å². The van der Waals surface area contributed by atoms with Crippen molar-refractivity contribution in [1.29, 1.82) is 0 Å². The molecule has 0 aliphatic rings. The Hall–Kier alpha value is -1.66. The molecule has 6 heteroatoms. The van der Waals surface area contributed by atoms with E-state index in [0.717, 1.165) is 10.6 Å². The molecule has 0 spiro atoms. The minimum atomic E-state index is -0.273. The molecule has 0 aliphatic heterocycles. The molecule has 0 saturated carbocycles. The Morgan fingerprint density at radius 3 is 2.56 bits per heavy atom. The highest BCUT2D eigenvalue weighted by atomic mass is 32.1. The van der Waals surface area contributed by atoms with Crippen molar-refractivity contribution in [3.05, 3.63) is 47.6 Å². The molecule has 0 unspecified atom stereocenters. The van der Waals surface area contributed by atoms with Crippen molar-refractivity contribution in [2.75, 3.05) is 0 Å². The van der Waals surface area contributed by atoms with Crippen molar-refractivity contribution in [2.24, 2.45) is 0 Å². The van der Waals surface area contributed by atoms with Crippen LogP contribution in [0.1, 0.15) is 0 Å². The molecule has 0 aliphatic carbocycles. The number of thiophene rings is 1. The van der Waals surface area contributed by atoms with E-state index in [0.29, 0.717) is 11.0 Å². The van der Waals surface area contributed by atoms with Crippen molar-refractivity contribution in [3.63, 3.8) is 0 Å². The van der Waals surface area contributed by atoms with Gasteiger partial charge < -0.3 is 0 Å². The lowest BCUT2D eigenvalue weighted by Crippen LogP contribution is -1.97. The molecule has 3 nitrogen and oxygen atoms in total. The Labute approximate surface area is 112 Å². The average molecular weight is 277 g/mol. The van der Waals surface area contributed by atoms with E-state index in [1.165, 1.54) is 12.1 Å². The van der Waals surface area contributed by atoms with Crippen LogP contribution in [-0.2, 0) is 0 Å². The minimum absolute atomic E-state index is 0.273. The molecule has 0 radical (unpaired) electrons. The second-order valence-corrected chi connectivity index (χ2v) is 4.96. The summed E-state index contributed by atoms with van der Waals surface area (Å²) in [5.74, 6) is 0.437. The van der Waals surface area contributed by atoms with Crippen molar-refractivity contribution in [1.82, 2.24) is 14.8 Å². The van der Waals surface area contributed by atoms with E-state index in [1.807, 2.05) is 17.5 Å². The van der Waals surface area contributed by atoms with Gasteiger partial charge in [0.1, 0.15) is 5.82 Å². The van der Waals surface area contributed by atoms with Crippen molar-refractivity contribution < 1.29 is 4.39 Å². The van der Waals surface area contributed by atoms with Crippen LogP contribution in [0.4, 0.5) is 4.39 Å². The van der Waals surface area contributed by atoms with E-state index in [2.05, 4.69) is 22.8 Å². The van der Waals surface area contributed by atoms with Crippen LogP contribution in [0.2, 0.25) is 0 Å². The number of hydrogen-bond acceptors (Lipinski definition) is 4. The van der Waals surface area contributed by atoms with Gasteiger partial charge >= 0.3 is 0 Å². The molecule has 2 heterocycles. The lowest BCUT2D eigenvalue weighted by atomic mass is 10.3. The maximum atomic E-state index is 12.9. The van der Waals surface area contributed by atoms with Crippen LogP contribution in [0.5, 0.6) is 0 Å². The van der Waals surface area contributed by atoms with E-state index < -0.39 is 0 Å². The normalized spacial score (nSPS) is 10.8. The van der Waals surface area contributed by atoms with Crippen LogP contribution in [0.15, 0.2) is 46.9 Å². The Bertz CT molecular complexity index is 659.